The topological polar surface area (TPSA) is 46.6 Å². The third kappa shape index (κ3) is 3.91. The molecule has 0 atom stereocenters. The molecule has 0 saturated carbocycles. The summed E-state index contributed by atoms with van der Waals surface area (Å²) in [5.74, 6) is 0.0539. The number of hydrogen-bond donors (Lipinski definition) is 0. The normalized spacial score (nSPS) is 17.6. The van der Waals surface area contributed by atoms with Gasteiger partial charge >= 0.3 is 0 Å². The van der Waals surface area contributed by atoms with Gasteiger partial charge in [0.2, 0.25) is 5.91 Å². The lowest BCUT2D eigenvalue weighted by Crippen LogP contribution is -2.55. The van der Waals surface area contributed by atoms with Crippen molar-refractivity contribution < 1.29 is 14.3 Å². The maximum absolute atomic E-state index is 12.3. The van der Waals surface area contributed by atoms with E-state index in [4.69, 9.17) is 4.74 Å². The van der Waals surface area contributed by atoms with Crippen LogP contribution in [0.5, 0.6) is 0 Å². The highest BCUT2D eigenvalue weighted by molar-refractivity contribution is 5.98. The molecule has 0 unspecified atom stereocenters. The Kier molecular flexibility index (Phi) is 4.78. The van der Waals surface area contributed by atoms with Gasteiger partial charge in [-0.15, -0.1) is 0 Å². The Labute approximate surface area is 126 Å². The van der Waals surface area contributed by atoms with Crippen molar-refractivity contribution in [3.8, 4) is 0 Å². The van der Waals surface area contributed by atoms with Crippen LogP contribution in [0, 0.1) is 6.92 Å². The van der Waals surface area contributed by atoms with Crippen molar-refractivity contribution in [1.29, 1.82) is 0 Å². The molecule has 1 heterocycles. The largest absolute Gasteiger partial charge is 0.377 e. The van der Waals surface area contributed by atoms with E-state index in [1.54, 1.807) is 0 Å². The number of hydrogen-bond acceptors (Lipinski definition) is 3. The number of Topliss-reactive ketones (excluding diaryl/α,β-unsaturated/α-hetero) is 1. The summed E-state index contributed by atoms with van der Waals surface area (Å²) in [6, 6.07) is 7.47. The van der Waals surface area contributed by atoms with Crippen LogP contribution in [0.1, 0.15) is 42.6 Å². The minimum Gasteiger partial charge on any atom is -0.377 e. The summed E-state index contributed by atoms with van der Waals surface area (Å²) in [5.41, 5.74) is 1.51. The van der Waals surface area contributed by atoms with E-state index in [0.29, 0.717) is 25.3 Å². The highest BCUT2D eigenvalue weighted by atomic mass is 16.5. The minimum atomic E-state index is -0.289. The number of ketones is 1. The molecule has 114 valence electrons. The summed E-state index contributed by atoms with van der Waals surface area (Å²) < 4.78 is 5.41. The lowest BCUT2D eigenvalue weighted by molar-refractivity contribution is -0.146. The lowest BCUT2D eigenvalue weighted by Gasteiger charge is -2.42. The standard InChI is InChI=1S/C17H23NO3/c1-13-4-6-14(7-5-13)15(19)8-9-16(20)18-10-11-21-12-17(18,2)3/h4-7H,8-12H2,1-3H3. The van der Waals surface area contributed by atoms with Crippen LogP contribution in [0.3, 0.4) is 0 Å². The molecule has 0 radical (unpaired) electrons. The van der Waals surface area contributed by atoms with Gasteiger partial charge in [-0.25, -0.2) is 0 Å². The zero-order valence-electron chi connectivity index (χ0n) is 13.0. The van der Waals surface area contributed by atoms with Gasteiger partial charge in [-0.1, -0.05) is 29.8 Å². The van der Waals surface area contributed by atoms with E-state index < -0.39 is 0 Å². The van der Waals surface area contributed by atoms with Gasteiger partial charge in [0.15, 0.2) is 5.78 Å². The number of morpholine rings is 1. The van der Waals surface area contributed by atoms with Crippen LogP contribution in [0.15, 0.2) is 24.3 Å². The molecule has 0 bridgehead atoms. The zero-order valence-corrected chi connectivity index (χ0v) is 13.0. The minimum absolute atomic E-state index is 0.0226. The monoisotopic (exact) mass is 289 g/mol. The first-order valence-corrected chi connectivity index (χ1v) is 7.38. The second-order valence-corrected chi connectivity index (χ2v) is 6.20. The molecule has 1 fully saturated rings. The summed E-state index contributed by atoms with van der Waals surface area (Å²) in [6.07, 6.45) is 0.519. The van der Waals surface area contributed by atoms with Crippen molar-refractivity contribution in [3.63, 3.8) is 0 Å². The second-order valence-electron chi connectivity index (χ2n) is 6.20. The number of rotatable bonds is 4. The average molecular weight is 289 g/mol. The summed E-state index contributed by atoms with van der Waals surface area (Å²) in [6.45, 7) is 7.69. The van der Waals surface area contributed by atoms with Crippen molar-refractivity contribution in [2.45, 2.75) is 39.2 Å². The molecule has 21 heavy (non-hydrogen) atoms. The maximum atomic E-state index is 12.3. The summed E-state index contributed by atoms with van der Waals surface area (Å²) in [5, 5.41) is 0. The molecule has 4 nitrogen and oxygen atoms in total. The third-order valence-electron chi connectivity index (χ3n) is 3.89. The molecule has 1 aliphatic rings. The first-order chi connectivity index (χ1) is 9.90. The van der Waals surface area contributed by atoms with Crippen LogP contribution in [-0.4, -0.2) is 41.9 Å². The highest BCUT2D eigenvalue weighted by Gasteiger charge is 2.33. The maximum Gasteiger partial charge on any atom is 0.223 e. The second kappa shape index (κ2) is 6.39. The fourth-order valence-corrected chi connectivity index (χ4v) is 2.56. The number of ether oxygens (including phenoxy) is 1. The molecule has 0 N–H and O–H groups in total. The van der Waals surface area contributed by atoms with Crippen LogP contribution in [0.25, 0.3) is 0 Å². The van der Waals surface area contributed by atoms with Crippen molar-refractivity contribution in [2.75, 3.05) is 19.8 Å². The van der Waals surface area contributed by atoms with Gasteiger partial charge < -0.3 is 9.64 Å². The van der Waals surface area contributed by atoms with Crippen molar-refractivity contribution in [1.82, 2.24) is 4.90 Å². The molecule has 0 aromatic heterocycles. The summed E-state index contributed by atoms with van der Waals surface area (Å²) >= 11 is 0. The van der Waals surface area contributed by atoms with Gasteiger partial charge in [0.05, 0.1) is 18.8 Å². The first-order valence-electron chi connectivity index (χ1n) is 7.38. The Morgan fingerprint density at radius 1 is 1.19 bits per heavy atom. The average Bonchev–Trinajstić information content (AvgIpc) is 2.44. The Morgan fingerprint density at radius 2 is 1.86 bits per heavy atom. The number of carbonyl (C=O) groups excluding carboxylic acids is 2. The van der Waals surface area contributed by atoms with Crippen molar-refractivity contribution >= 4 is 11.7 Å². The molecule has 1 aromatic rings. The summed E-state index contributed by atoms with van der Waals surface area (Å²) in [7, 11) is 0. The van der Waals surface area contributed by atoms with Gasteiger partial charge in [0.25, 0.3) is 0 Å². The molecular weight excluding hydrogens is 266 g/mol. The van der Waals surface area contributed by atoms with E-state index >= 15 is 0 Å². The molecule has 0 spiro atoms. The first kappa shape index (κ1) is 15.7. The molecule has 1 aliphatic heterocycles. The fraction of sp³-hybridized carbons (Fsp3) is 0.529. The smallest absolute Gasteiger partial charge is 0.223 e. The van der Waals surface area contributed by atoms with Gasteiger partial charge in [0, 0.05) is 24.9 Å². The Morgan fingerprint density at radius 3 is 2.48 bits per heavy atom. The highest BCUT2D eigenvalue weighted by Crippen LogP contribution is 2.20. The van der Waals surface area contributed by atoms with Crippen LogP contribution in [0.4, 0.5) is 0 Å². The zero-order chi connectivity index (χ0) is 15.5. The van der Waals surface area contributed by atoms with Crippen LogP contribution < -0.4 is 0 Å². The summed E-state index contributed by atoms with van der Waals surface area (Å²) in [4.78, 5) is 26.3. The van der Waals surface area contributed by atoms with E-state index in [0.717, 1.165) is 5.56 Å². The van der Waals surface area contributed by atoms with E-state index in [1.165, 1.54) is 0 Å². The number of amides is 1. The Balaban J connectivity index is 1.91. The van der Waals surface area contributed by atoms with Crippen LogP contribution in [-0.2, 0) is 9.53 Å². The van der Waals surface area contributed by atoms with E-state index in [9.17, 15) is 9.59 Å². The Bertz CT molecular complexity index is 519. The lowest BCUT2D eigenvalue weighted by atomic mass is 10.0. The SMILES string of the molecule is Cc1ccc(C(=O)CCC(=O)N2CCOCC2(C)C)cc1. The van der Waals surface area contributed by atoms with Crippen molar-refractivity contribution in [2.24, 2.45) is 0 Å². The van der Waals surface area contributed by atoms with E-state index in [2.05, 4.69) is 0 Å². The van der Waals surface area contributed by atoms with E-state index in [-0.39, 0.29) is 30.1 Å². The number of benzene rings is 1. The number of aryl methyl sites for hydroxylation is 1. The molecular formula is C17H23NO3. The molecule has 2 rings (SSSR count). The number of carbonyl (C=O) groups is 2. The van der Waals surface area contributed by atoms with Gasteiger partial charge in [-0.3, -0.25) is 9.59 Å². The molecule has 1 aromatic carbocycles. The van der Waals surface area contributed by atoms with Crippen LogP contribution in [0.2, 0.25) is 0 Å². The third-order valence-corrected chi connectivity index (χ3v) is 3.89. The molecule has 1 saturated heterocycles. The Hall–Kier alpha value is -1.68. The number of nitrogens with zero attached hydrogens (tertiary/aromatic N) is 1. The van der Waals surface area contributed by atoms with Crippen LogP contribution >= 0.6 is 0 Å². The quantitative estimate of drug-likeness (QED) is 0.800. The molecule has 1 amide bonds. The predicted molar refractivity (Wildman–Crippen MR) is 81.4 cm³/mol. The van der Waals surface area contributed by atoms with Crippen molar-refractivity contribution in [3.05, 3.63) is 35.4 Å². The van der Waals surface area contributed by atoms with E-state index in [1.807, 2.05) is 49.9 Å². The van der Waals surface area contributed by atoms with Gasteiger partial charge in [0.1, 0.15) is 0 Å². The van der Waals surface area contributed by atoms with Gasteiger partial charge in [-0.05, 0) is 20.8 Å². The fourth-order valence-electron chi connectivity index (χ4n) is 2.56. The molecule has 0 aliphatic carbocycles. The predicted octanol–water partition coefficient (Wildman–Crippen LogP) is 2.60. The molecule has 4 heteroatoms. The van der Waals surface area contributed by atoms with Gasteiger partial charge in [-0.2, -0.15) is 0 Å².